The van der Waals surface area contributed by atoms with Gasteiger partial charge in [-0.2, -0.15) is 0 Å². The molecule has 1 aromatic heterocycles. The molecule has 0 amide bonds. The Morgan fingerprint density at radius 3 is 2.75 bits per heavy atom. The fraction of sp³-hybridized carbons (Fsp3) is 0.625. The first-order valence-electron chi connectivity index (χ1n) is 7.32. The molecule has 1 aromatic rings. The van der Waals surface area contributed by atoms with Gasteiger partial charge in [-0.15, -0.1) is 0 Å². The number of amidine groups is 1. The lowest BCUT2D eigenvalue weighted by Gasteiger charge is -2.38. The van der Waals surface area contributed by atoms with Crippen molar-refractivity contribution in [2.45, 2.75) is 46.1 Å². The van der Waals surface area contributed by atoms with Gasteiger partial charge in [-0.1, -0.05) is 20.8 Å². The van der Waals surface area contributed by atoms with Crippen LogP contribution in [0.15, 0.2) is 18.3 Å². The first-order valence-corrected chi connectivity index (χ1v) is 7.32. The smallest absolute Gasteiger partial charge is 0.214 e. The summed E-state index contributed by atoms with van der Waals surface area (Å²) in [4.78, 5) is 4.27. The molecule has 0 aromatic carbocycles. The van der Waals surface area contributed by atoms with Crippen LogP contribution in [0.2, 0.25) is 0 Å². The first-order chi connectivity index (χ1) is 9.34. The van der Waals surface area contributed by atoms with Gasteiger partial charge in [0, 0.05) is 23.2 Å². The third kappa shape index (κ3) is 1.74. The summed E-state index contributed by atoms with van der Waals surface area (Å²) in [5, 5.41) is 7.50. The molecule has 2 fully saturated rings. The Morgan fingerprint density at radius 1 is 1.45 bits per heavy atom. The van der Waals surface area contributed by atoms with Crippen LogP contribution in [0.4, 0.5) is 0 Å². The van der Waals surface area contributed by atoms with Crippen LogP contribution in [0.3, 0.4) is 0 Å². The number of nitrogens with two attached hydrogens (primary N) is 1. The normalized spacial score (nSPS) is 34.1. The summed E-state index contributed by atoms with van der Waals surface area (Å²) in [5.74, 6) is 1.39. The van der Waals surface area contributed by atoms with E-state index in [-0.39, 0.29) is 17.4 Å². The molecule has 0 radical (unpaired) electrons. The van der Waals surface area contributed by atoms with Crippen LogP contribution in [0.1, 0.15) is 45.6 Å². The second kappa shape index (κ2) is 4.21. The summed E-state index contributed by atoms with van der Waals surface area (Å²) in [7, 11) is 0. The predicted octanol–water partition coefficient (Wildman–Crippen LogP) is 2.96. The molecule has 2 bridgehead atoms. The first kappa shape index (κ1) is 13.4. The number of nitrogens with one attached hydrogen (secondary N) is 1. The van der Waals surface area contributed by atoms with E-state index in [2.05, 4.69) is 25.8 Å². The van der Waals surface area contributed by atoms with E-state index in [1.165, 1.54) is 12.8 Å². The van der Waals surface area contributed by atoms with Crippen LogP contribution in [0.25, 0.3) is 0 Å². The summed E-state index contributed by atoms with van der Waals surface area (Å²) in [5.41, 5.74) is 6.73. The van der Waals surface area contributed by atoms with Gasteiger partial charge in [0.25, 0.3) is 0 Å². The van der Waals surface area contributed by atoms with Gasteiger partial charge in [0.05, 0.1) is 0 Å². The minimum Gasteiger partial charge on any atom is -0.474 e. The number of hydrogen-bond donors (Lipinski definition) is 2. The van der Waals surface area contributed by atoms with E-state index in [1.807, 2.05) is 0 Å². The molecule has 2 aliphatic carbocycles. The Labute approximate surface area is 120 Å². The molecule has 4 nitrogen and oxygen atoms in total. The quantitative estimate of drug-likeness (QED) is 0.657. The van der Waals surface area contributed by atoms with Crippen LogP contribution in [-0.4, -0.2) is 16.9 Å². The lowest BCUT2D eigenvalue weighted by Crippen LogP contribution is -2.39. The van der Waals surface area contributed by atoms with Crippen molar-refractivity contribution in [2.24, 2.45) is 22.5 Å². The fourth-order valence-electron chi connectivity index (χ4n) is 4.10. The van der Waals surface area contributed by atoms with Gasteiger partial charge in [-0.05, 0) is 36.7 Å². The highest BCUT2D eigenvalue weighted by atomic mass is 16.5. The Hall–Kier alpha value is -1.58. The Bertz CT molecular complexity index is 554. The van der Waals surface area contributed by atoms with E-state index in [4.69, 9.17) is 15.9 Å². The number of rotatable bonds is 3. The molecule has 3 atom stereocenters. The highest BCUT2D eigenvalue weighted by Crippen LogP contribution is 2.66. The van der Waals surface area contributed by atoms with Crippen molar-refractivity contribution < 1.29 is 4.74 Å². The maximum atomic E-state index is 7.50. The number of fused-ring (bicyclic) bond motifs is 2. The minimum absolute atomic E-state index is 0.0525. The zero-order valence-corrected chi connectivity index (χ0v) is 12.4. The van der Waals surface area contributed by atoms with E-state index in [1.54, 1.807) is 18.3 Å². The zero-order chi connectivity index (χ0) is 14.5. The molecule has 3 rings (SSSR count). The SMILES string of the molecule is CC1(C)C2CCC1(C)C(Oc1cc(C(=N)N)ccn1)C2. The van der Waals surface area contributed by atoms with Crippen molar-refractivity contribution in [1.82, 2.24) is 4.98 Å². The maximum Gasteiger partial charge on any atom is 0.214 e. The molecule has 2 saturated carbocycles. The fourth-order valence-corrected chi connectivity index (χ4v) is 4.10. The van der Waals surface area contributed by atoms with Crippen LogP contribution in [-0.2, 0) is 0 Å². The largest absolute Gasteiger partial charge is 0.474 e. The van der Waals surface area contributed by atoms with E-state index in [0.29, 0.717) is 16.9 Å². The second-order valence-electron chi connectivity index (χ2n) is 7.01. The third-order valence-electron chi connectivity index (χ3n) is 6.02. The lowest BCUT2D eigenvalue weighted by atomic mass is 9.70. The second-order valence-corrected chi connectivity index (χ2v) is 7.01. The van der Waals surface area contributed by atoms with E-state index in [0.717, 1.165) is 12.3 Å². The highest BCUT2D eigenvalue weighted by molar-refractivity contribution is 5.95. The third-order valence-corrected chi connectivity index (χ3v) is 6.02. The number of ether oxygens (including phenoxy) is 1. The topological polar surface area (TPSA) is 72.0 Å². The van der Waals surface area contributed by atoms with Crippen molar-refractivity contribution in [3.8, 4) is 5.88 Å². The van der Waals surface area contributed by atoms with Crippen molar-refractivity contribution in [3.05, 3.63) is 23.9 Å². The maximum absolute atomic E-state index is 7.50. The molecule has 4 heteroatoms. The molecule has 0 saturated heterocycles. The van der Waals surface area contributed by atoms with Crippen LogP contribution >= 0.6 is 0 Å². The molecular weight excluding hydrogens is 250 g/mol. The number of aromatic nitrogens is 1. The Balaban J connectivity index is 1.83. The standard InChI is InChI=1S/C16H23N3O/c1-15(2)11-4-6-16(15,3)12(9-11)20-13-8-10(14(17)18)5-7-19-13/h5,7-8,11-12H,4,6,9H2,1-3H3,(H3,17,18). The van der Waals surface area contributed by atoms with E-state index < -0.39 is 0 Å². The zero-order valence-electron chi connectivity index (χ0n) is 12.4. The number of nitrogens with zero attached hydrogens (tertiary/aromatic N) is 1. The van der Waals surface area contributed by atoms with Crippen LogP contribution in [0.5, 0.6) is 5.88 Å². The lowest BCUT2D eigenvalue weighted by molar-refractivity contribution is 0.0273. The van der Waals surface area contributed by atoms with Crippen LogP contribution < -0.4 is 10.5 Å². The van der Waals surface area contributed by atoms with Gasteiger partial charge in [0.2, 0.25) is 5.88 Å². The molecule has 0 aliphatic heterocycles. The number of pyridine rings is 1. The van der Waals surface area contributed by atoms with Crippen molar-refractivity contribution in [3.63, 3.8) is 0 Å². The van der Waals surface area contributed by atoms with Gasteiger partial charge >= 0.3 is 0 Å². The molecular formula is C16H23N3O. The predicted molar refractivity (Wildman–Crippen MR) is 78.9 cm³/mol. The molecule has 3 N–H and O–H groups in total. The summed E-state index contributed by atoms with van der Waals surface area (Å²) in [6.07, 6.45) is 5.51. The monoisotopic (exact) mass is 273 g/mol. The van der Waals surface area contributed by atoms with Crippen LogP contribution in [0, 0.1) is 22.2 Å². The molecule has 3 unspecified atom stereocenters. The minimum atomic E-state index is 0.0525. The summed E-state index contributed by atoms with van der Waals surface area (Å²) in [6.45, 7) is 7.08. The average Bonchev–Trinajstić information content (AvgIpc) is 2.72. The van der Waals surface area contributed by atoms with Crippen molar-refractivity contribution >= 4 is 5.84 Å². The average molecular weight is 273 g/mol. The molecule has 20 heavy (non-hydrogen) atoms. The molecule has 108 valence electrons. The van der Waals surface area contributed by atoms with Crippen molar-refractivity contribution in [2.75, 3.05) is 0 Å². The molecule has 1 heterocycles. The van der Waals surface area contributed by atoms with E-state index in [9.17, 15) is 0 Å². The number of nitrogen functional groups attached to an aromatic ring is 1. The Kier molecular flexibility index (Phi) is 2.82. The van der Waals surface area contributed by atoms with Gasteiger partial charge in [0.15, 0.2) is 0 Å². The Morgan fingerprint density at radius 2 is 2.20 bits per heavy atom. The van der Waals surface area contributed by atoms with Crippen molar-refractivity contribution in [1.29, 1.82) is 5.41 Å². The summed E-state index contributed by atoms with van der Waals surface area (Å²) < 4.78 is 6.18. The van der Waals surface area contributed by atoms with Gasteiger partial charge in [-0.25, -0.2) is 4.98 Å². The van der Waals surface area contributed by atoms with Gasteiger partial charge < -0.3 is 10.5 Å². The summed E-state index contributed by atoms with van der Waals surface area (Å²) in [6, 6.07) is 3.51. The molecule has 0 spiro atoms. The van der Waals surface area contributed by atoms with Gasteiger partial charge in [-0.3, -0.25) is 5.41 Å². The highest BCUT2D eigenvalue weighted by Gasteiger charge is 2.62. The summed E-state index contributed by atoms with van der Waals surface area (Å²) >= 11 is 0. The number of hydrogen-bond acceptors (Lipinski definition) is 3. The van der Waals surface area contributed by atoms with E-state index >= 15 is 0 Å². The van der Waals surface area contributed by atoms with Gasteiger partial charge in [0.1, 0.15) is 11.9 Å². The molecule has 2 aliphatic rings.